The van der Waals surface area contributed by atoms with E-state index in [1.165, 1.54) is 7.11 Å². The summed E-state index contributed by atoms with van der Waals surface area (Å²) in [5.41, 5.74) is 0.703. The standard InChI is InChI=1S/C16H17ClN2O4S/c1-23-15-10-6-5-9-14(15)19(24(2,21)22)11-16(20)18-13-8-4-3-7-12(13)17/h3-10H,11H2,1-2H3,(H,18,20). The van der Waals surface area contributed by atoms with Crippen molar-refractivity contribution < 1.29 is 17.9 Å². The van der Waals surface area contributed by atoms with Crippen LogP contribution in [-0.2, 0) is 14.8 Å². The van der Waals surface area contributed by atoms with E-state index in [1.807, 2.05) is 0 Å². The van der Waals surface area contributed by atoms with Crippen molar-refractivity contribution in [3.8, 4) is 5.75 Å². The maximum Gasteiger partial charge on any atom is 0.245 e. The predicted molar refractivity (Wildman–Crippen MR) is 95.3 cm³/mol. The minimum atomic E-state index is -3.69. The van der Waals surface area contributed by atoms with Gasteiger partial charge in [0, 0.05) is 0 Å². The van der Waals surface area contributed by atoms with Crippen molar-refractivity contribution in [1.82, 2.24) is 0 Å². The summed E-state index contributed by atoms with van der Waals surface area (Å²) >= 11 is 5.99. The highest BCUT2D eigenvalue weighted by Crippen LogP contribution is 2.29. The molecule has 0 heterocycles. The van der Waals surface area contributed by atoms with Crippen LogP contribution in [-0.4, -0.2) is 34.2 Å². The molecule has 0 aromatic heterocycles. The molecule has 1 N–H and O–H groups in total. The average molecular weight is 369 g/mol. The lowest BCUT2D eigenvalue weighted by Crippen LogP contribution is -2.37. The van der Waals surface area contributed by atoms with E-state index in [1.54, 1.807) is 48.5 Å². The number of methoxy groups -OCH3 is 1. The molecule has 2 aromatic rings. The molecule has 0 atom stereocenters. The summed E-state index contributed by atoms with van der Waals surface area (Å²) in [5, 5.41) is 2.97. The summed E-state index contributed by atoms with van der Waals surface area (Å²) < 4.78 is 30.4. The lowest BCUT2D eigenvalue weighted by molar-refractivity contribution is -0.114. The molecule has 0 aliphatic heterocycles. The average Bonchev–Trinajstić information content (AvgIpc) is 2.54. The van der Waals surface area contributed by atoms with Crippen molar-refractivity contribution in [2.24, 2.45) is 0 Å². The van der Waals surface area contributed by atoms with Gasteiger partial charge in [-0.15, -0.1) is 0 Å². The van der Waals surface area contributed by atoms with Gasteiger partial charge in [0.15, 0.2) is 0 Å². The Morgan fingerprint density at radius 1 is 1.17 bits per heavy atom. The first-order valence-electron chi connectivity index (χ1n) is 6.98. The van der Waals surface area contributed by atoms with E-state index in [0.717, 1.165) is 10.6 Å². The van der Waals surface area contributed by atoms with E-state index in [9.17, 15) is 13.2 Å². The van der Waals surface area contributed by atoms with E-state index in [0.29, 0.717) is 16.5 Å². The fraction of sp³-hybridized carbons (Fsp3) is 0.188. The van der Waals surface area contributed by atoms with Crippen LogP contribution >= 0.6 is 11.6 Å². The van der Waals surface area contributed by atoms with Crippen molar-refractivity contribution in [3.63, 3.8) is 0 Å². The van der Waals surface area contributed by atoms with Gasteiger partial charge >= 0.3 is 0 Å². The first-order valence-corrected chi connectivity index (χ1v) is 9.20. The summed E-state index contributed by atoms with van der Waals surface area (Å²) in [4.78, 5) is 12.3. The van der Waals surface area contributed by atoms with Gasteiger partial charge in [0.2, 0.25) is 15.9 Å². The summed E-state index contributed by atoms with van der Waals surface area (Å²) in [6.45, 7) is -0.398. The smallest absolute Gasteiger partial charge is 0.245 e. The third kappa shape index (κ3) is 4.39. The molecule has 24 heavy (non-hydrogen) atoms. The molecule has 128 valence electrons. The third-order valence-corrected chi connectivity index (χ3v) is 4.65. The zero-order chi connectivity index (χ0) is 17.7. The van der Waals surface area contributed by atoms with Crippen LogP contribution in [0.25, 0.3) is 0 Å². The van der Waals surface area contributed by atoms with Crippen LogP contribution in [0.5, 0.6) is 5.75 Å². The number of hydrogen-bond donors (Lipinski definition) is 1. The number of benzene rings is 2. The minimum Gasteiger partial charge on any atom is -0.495 e. The van der Waals surface area contributed by atoms with E-state index in [2.05, 4.69) is 5.32 Å². The lowest BCUT2D eigenvalue weighted by Gasteiger charge is -2.23. The summed E-state index contributed by atoms with van der Waals surface area (Å²) in [6.07, 6.45) is 1.03. The van der Waals surface area contributed by atoms with Gasteiger partial charge in [-0.25, -0.2) is 8.42 Å². The second-order valence-corrected chi connectivity index (χ2v) is 7.28. The molecule has 0 radical (unpaired) electrons. The second-order valence-electron chi connectivity index (χ2n) is 4.97. The number of sulfonamides is 1. The Bertz CT molecular complexity index is 839. The van der Waals surface area contributed by atoms with Crippen LogP contribution in [0.2, 0.25) is 5.02 Å². The summed E-state index contributed by atoms with van der Waals surface area (Å²) in [6, 6.07) is 13.3. The number of amides is 1. The normalized spacial score (nSPS) is 11.0. The molecule has 1 amide bonds. The van der Waals surface area contributed by atoms with Crippen molar-refractivity contribution in [2.75, 3.05) is 29.5 Å². The van der Waals surface area contributed by atoms with E-state index < -0.39 is 22.5 Å². The highest BCUT2D eigenvalue weighted by Gasteiger charge is 2.23. The Morgan fingerprint density at radius 2 is 1.79 bits per heavy atom. The molecular weight excluding hydrogens is 352 g/mol. The van der Waals surface area contributed by atoms with E-state index >= 15 is 0 Å². The van der Waals surface area contributed by atoms with Gasteiger partial charge in [0.1, 0.15) is 12.3 Å². The Kier molecular flexibility index (Phi) is 5.69. The number of hydrogen-bond acceptors (Lipinski definition) is 4. The first kappa shape index (κ1) is 18.1. The minimum absolute atomic E-state index is 0.289. The molecule has 0 fully saturated rings. The van der Waals surface area contributed by atoms with E-state index in [-0.39, 0.29) is 5.69 Å². The molecule has 0 unspecified atom stereocenters. The Balaban J connectivity index is 2.27. The molecule has 0 saturated carbocycles. The van der Waals surface area contributed by atoms with Gasteiger partial charge in [-0.2, -0.15) is 0 Å². The number of para-hydroxylation sites is 3. The van der Waals surface area contributed by atoms with Gasteiger partial charge in [-0.1, -0.05) is 35.9 Å². The zero-order valence-electron chi connectivity index (χ0n) is 13.2. The van der Waals surface area contributed by atoms with E-state index in [4.69, 9.17) is 16.3 Å². The van der Waals surface area contributed by atoms with Gasteiger partial charge in [-0.05, 0) is 24.3 Å². The molecule has 2 rings (SSSR count). The van der Waals surface area contributed by atoms with Gasteiger partial charge in [-0.3, -0.25) is 9.10 Å². The largest absolute Gasteiger partial charge is 0.495 e. The number of nitrogens with one attached hydrogen (secondary N) is 1. The number of ether oxygens (including phenoxy) is 1. The van der Waals surface area contributed by atoms with Crippen LogP contribution in [0.1, 0.15) is 0 Å². The third-order valence-electron chi connectivity index (χ3n) is 3.19. The molecule has 0 bridgehead atoms. The topological polar surface area (TPSA) is 75.7 Å². The van der Waals surface area contributed by atoms with Gasteiger partial charge in [0.05, 0.1) is 29.8 Å². The van der Waals surface area contributed by atoms with Crippen molar-refractivity contribution in [3.05, 3.63) is 53.6 Å². The maximum absolute atomic E-state index is 12.3. The van der Waals surface area contributed by atoms with Crippen molar-refractivity contribution >= 4 is 38.9 Å². The fourth-order valence-corrected chi connectivity index (χ4v) is 3.14. The maximum atomic E-state index is 12.3. The van der Waals surface area contributed by atoms with Crippen LogP contribution in [0.3, 0.4) is 0 Å². The second kappa shape index (κ2) is 7.55. The lowest BCUT2D eigenvalue weighted by atomic mass is 10.3. The summed E-state index contributed by atoms with van der Waals surface area (Å²) in [5.74, 6) is -0.159. The molecule has 0 spiro atoms. The highest BCUT2D eigenvalue weighted by atomic mass is 35.5. The Morgan fingerprint density at radius 3 is 2.42 bits per heavy atom. The van der Waals surface area contributed by atoms with Crippen molar-refractivity contribution in [2.45, 2.75) is 0 Å². The molecule has 6 nitrogen and oxygen atoms in total. The number of carbonyl (C=O) groups excluding carboxylic acids is 1. The SMILES string of the molecule is COc1ccccc1N(CC(=O)Nc1ccccc1Cl)S(C)(=O)=O. The predicted octanol–water partition coefficient (Wildman–Crippen LogP) is 2.75. The van der Waals surface area contributed by atoms with Crippen LogP contribution in [0.4, 0.5) is 11.4 Å². The first-order chi connectivity index (χ1) is 11.3. The number of nitrogens with zero attached hydrogens (tertiary/aromatic N) is 1. The summed E-state index contributed by atoms with van der Waals surface area (Å²) in [7, 11) is -2.25. The number of anilines is 2. The zero-order valence-corrected chi connectivity index (χ0v) is 14.8. The molecule has 0 aliphatic carbocycles. The molecule has 2 aromatic carbocycles. The fourth-order valence-electron chi connectivity index (χ4n) is 2.10. The van der Waals surface area contributed by atoms with Crippen molar-refractivity contribution in [1.29, 1.82) is 0 Å². The molecule has 8 heteroatoms. The Hall–Kier alpha value is -2.25. The number of carbonyl (C=O) groups is 1. The highest BCUT2D eigenvalue weighted by molar-refractivity contribution is 7.92. The molecule has 0 saturated heterocycles. The Labute approximate surface area is 146 Å². The molecular formula is C16H17ClN2O4S. The van der Waals surface area contributed by atoms with Gasteiger partial charge < -0.3 is 10.1 Å². The number of halogens is 1. The molecule has 0 aliphatic rings. The van der Waals surface area contributed by atoms with Crippen LogP contribution in [0, 0.1) is 0 Å². The number of rotatable bonds is 6. The van der Waals surface area contributed by atoms with Crippen LogP contribution in [0.15, 0.2) is 48.5 Å². The quantitative estimate of drug-likeness (QED) is 0.850. The monoisotopic (exact) mass is 368 g/mol. The van der Waals surface area contributed by atoms with Gasteiger partial charge in [0.25, 0.3) is 0 Å². The van der Waals surface area contributed by atoms with Crippen LogP contribution < -0.4 is 14.4 Å².